The van der Waals surface area contributed by atoms with Crippen LogP contribution in [0.3, 0.4) is 0 Å². The molecule has 0 spiro atoms. The third kappa shape index (κ3) is 4.16. The van der Waals surface area contributed by atoms with E-state index in [-0.39, 0.29) is 0 Å². The first-order valence-electron chi connectivity index (χ1n) is 9.19. The fourth-order valence-corrected chi connectivity index (χ4v) is 2.77. The molecular weight excluding hydrogens is 388 g/mol. The van der Waals surface area contributed by atoms with Gasteiger partial charge in [0, 0.05) is 24.5 Å². The van der Waals surface area contributed by atoms with Gasteiger partial charge in [-0.1, -0.05) is 0 Å². The lowest BCUT2D eigenvalue weighted by Crippen LogP contribution is -2.19. The lowest BCUT2D eigenvalue weighted by molar-refractivity contribution is 0.707. The molecule has 0 aromatic carbocycles. The number of nitrogens with zero attached hydrogens (tertiary/aromatic N) is 12. The van der Waals surface area contributed by atoms with Crippen LogP contribution in [0.2, 0.25) is 0 Å². The summed E-state index contributed by atoms with van der Waals surface area (Å²) in [6.45, 7) is 8.60. The van der Waals surface area contributed by atoms with E-state index in [9.17, 15) is 0 Å². The molecule has 0 unspecified atom stereocenters. The molecule has 4 aromatic rings. The van der Waals surface area contributed by atoms with Gasteiger partial charge in [0.05, 0.1) is 11.4 Å². The lowest BCUT2D eigenvalue weighted by atomic mass is 10.4. The van der Waals surface area contributed by atoms with Gasteiger partial charge < -0.3 is 10.6 Å². The summed E-state index contributed by atoms with van der Waals surface area (Å²) in [5.41, 5.74) is 3.57. The average Bonchev–Trinajstić information content (AvgIpc) is 3.26. The van der Waals surface area contributed by atoms with Gasteiger partial charge in [0.25, 0.3) is 23.8 Å². The van der Waals surface area contributed by atoms with Crippen molar-refractivity contribution in [1.29, 1.82) is 0 Å². The van der Waals surface area contributed by atoms with Crippen LogP contribution in [0.15, 0.2) is 12.1 Å². The van der Waals surface area contributed by atoms with Gasteiger partial charge in [-0.3, -0.25) is 0 Å². The first-order valence-corrected chi connectivity index (χ1v) is 9.19. The van der Waals surface area contributed by atoms with Crippen molar-refractivity contribution in [2.45, 2.75) is 27.7 Å². The van der Waals surface area contributed by atoms with Crippen molar-refractivity contribution in [3.63, 3.8) is 0 Å². The molecule has 0 bridgehead atoms. The van der Waals surface area contributed by atoms with Crippen molar-refractivity contribution >= 4 is 11.9 Å². The molecule has 2 N–H and O–H groups in total. The minimum absolute atomic E-state index is 0.305. The predicted molar refractivity (Wildman–Crippen MR) is 105 cm³/mol. The molecule has 0 atom stereocenters. The molecule has 0 aliphatic carbocycles. The van der Waals surface area contributed by atoms with Crippen LogP contribution in [0.1, 0.15) is 22.8 Å². The predicted octanol–water partition coefficient (Wildman–Crippen LogP) is -0.0243. The maximum Gasteiger partial charge on any atom is 0.289 e. The highest BCUT2D eigenvalue weighted by Crippen LogP contribution is 2.07. The van der Waals surface area contributed by atoms with Crippen molar-refractivity contribution in [3.05, 3.63) is 34.9 Å². The average molecular weight is 408 g/mol. The van der Waals surface area contributed by atoms with Crippen LogP contribution in [0, 0.1) is 27.7 Å². The molecule has 4 aromatic heterocycles. The van der Waals surface area contributed by atoms with Crippen molar-refractivity contribution in [3.8, 4) is 11.9 Å². The second-order valence-electron chi connectivity index (χ2n) is 6.58. The topological polar surface area (TPSA) is 163 Å². The summed E-state index contributed by atoms with van der Waals surface area (Å²) < 4.78 is 3.18. The van der Waals surface area contributed by atoms with Gasteiger partial charge in [-0.05, 0) is 39.8 Å². The van der Waals surface area contributed by atoms with E-state index in [0.717, 1.165) is 22.8 Å². The van der Waals surface area contributed by atoms with E-state index in [1.165, 1.54) is 0 Å². The number of rotatable bonds is 7. The van der Waals surface area contributed by atoms with Crippen LogP contribution in [0.25, 0.3) is 11.9 Å². The fraction of sp³-hybridized carbons (Fsp3) is 0.375. The van der Waals surface area contributed by atoms with Crippen LogP contribution in [-0.2, 0) is 0 Å². The Balaban J connectivity index is 1.28. The largest absolute Gasteiger partial charge is 0.350 e. The summed E-state index contributed by atoms with van der Waals surface area (Å²) >= 11 is 0. The van der Waals surface area contributed by atoms with Gasteiger partial charge in [0.1, 0.15) is 0 Å². The Bertz CT molecular complexity index is 1040. The Morgan fingerprint density at radius 1 is 0.600 bits per heavy atom. The number of anilines is 2. The summed E-state index contributed by atoms with van der Waals surface area (Å²) in [7, 11) is 0. The normalized spacial score (nSPS) is 10.9. The van der Waals surface area contributed by atoms with Crippen LogP contribution in [-0.4, -0.2) is 73.4 Å². The van der Waals surface area contributed by atoms with E-state index in [1.54, 1.807) is 9.36 Å². The zero-order chi connectivity index (χ0) is 21.1. The Morgan fingerprint density at radius 2 is 0.967 bits per heavy atom. The maximum atomic E-state index is 4.30. The first-order chi connectivity index (χ1) is 14.5. The standard InChI is InChI=1S/C16H20N14/c1-9-7-11(3)29(27-9)15-23-19-13(20-24-15)17-5-6-18-14-21-25-16(26-22-14)30-12(4)8-10(2)28-30/h7-8H,5-6H2,1-4H3,(H,17,19,20)(H,18,21,22). The number of aromatic nitrogens is 12. The SMILES string of the molecule is Cc1cc(C)n(-c2nnc(NCCNc3nnc(-n4nc(C)cc4C)nn3)nn2)n1. The number of aryl methyl sites for hydroxylation is 4. The fourth-order valence-electron chi connectivity index (χ4n) is 2.77. The molecule has 0 amide bonds. The summed E-state index contributed by atoms with van der Waals surface area (Å²) in [5.74, 6) is 1.24. The van der Waals surface area contributed by atoms with Gasteiger partial charge in [-0.15, -0.1) is 40.8 Å². The Labute approximate surface area is 171 Å². The number of nitrogens with one attached hydrogen (secondary N) is 2. The molecule has 0 fully saturated rings. The zero-order valence-corrected chi connectivity index (χ0v) is 16.9. The molecule has 154 valence electrons. The second-order valence-corrected chi connectivity index (χ2v) is 6.58. The molecule has 0 saturated carbocycles. The molecule has 0 saturated heterocycles. The van der Waals surface area contributed by atoms with E-state index < -0.39 is 0 Å². The minimum Gasteiger partial charge on any atom is -0.350 e. The minimum atomic E-state index is 0.305. The first kappa shape index (κ1) is 19.2. The van der Waals surface area contributed by atoms with E-state index in [1.807, 2.05) is 39.8 Å². The summed E-state index contributed by atoms with van der Waals surface area (Å²) in [5, 5.41) is 46.9. The quantitative estimate of drug-likeness (QED) is 0.393. The van der Waals surface area contributed by atoms with Gasteiger partial charge in [-0.25, -0.2) is 9.36 Å². The van der Waals surface area contributed by atoms with Gasteiger partial charge in [-0.2, -0.15) is 10.2 Å². The van der Waals surface area contributed by atoms with Crippen molar-refractivity contribution in [1.82, 2.24) is 60.4 Å². The van der Waals surface area contributed by atoms with E-state index in [2.05, 4.69) is 61.6 Å². The van der Waals surface area contributed by atoms with Crippen LogP contribution in [0.4, 0.5) is 11.9 Å². The highest BCUT2D eigenvalue weighted by Gasteiger charge is 2.09. The number of hydrogen-bond donors (Lipinski definition) is 2. The molecule has 30 heavy (non-hydrogen) atoms. The van der Waals surface area contributed by atoms with E-state index in [4.69, 9.17) is 0 Å². The van der Waals surface area contributed by atoms with Crippen LogP contribution < -0.4 is 10.6 Å². The van der Waals surface area contributed by atoms with E-state index >= 15 is 0 Å². The molecule has 14 heteroatoms. The molecule has 0 radical (unpaired) electrons. The van der Waals surface area contributed by atoms with Crippen LogP contribution >= 0.6 is 0 Å². The monoisotopic (exact) mass is 408 g/mol. The molecule has 0 aliphatic rings. The molecule has 4 heterocycles. The van der Waals surface area contributed by atoms with Gasteiger partial charge >= 0.3 is 0 Å². The Morgan fingerprint density at radius 3 is 1.27 bits per heavy atom. The molecule has 0 aliphatic heterocycles. The number of hydrogen-bond acceptors (Lipinski definition) is 12. The van der Waals surface area contributed by atoms with Crippen molar-refractivity contribution in [2.75, 3.05) is 23.7 Å². The molecular formula is C16H20N14. The second kappa shape index (κ2) is 8.10. The highest BCUT2D eigenvalue weighted by atomic mass is 15.5. The van der Waals surface area contributed by atoms with Crippen LogP contribution in [0.5, 0.6) is 0 Å². The van der Waals surface area contributed by atoms with Gasteiger partial charge in [0.2, 0.25) is 0 Å². The summed E-state index contributed by atoms with van der Waals surface area (Å²) in [6.07, 6.45) is 0. The Hall–Kier alpha value is -4.10. The Kier molecular flexibility index (Phi) is 5.19. The zero-order valence-electron chi connectivity index (χ0n) is 16.9. The lowest BCUT2D eigenvalue weighted by Gasteiger charge is -2.06. The van der Waals surface area contributed by atoms with Crippen molar-refractivity contribution in [2.24, 2.45) is 0 Å². The third-order valence-electron chi connectivity index (χ3n) is 4.03. The maximum absolute atomic E-state index is 4.30. The molecule has 14 nitrogen and oxygen atoms in total. The van der Waals surface area contributed by atoms with Crippen molar-refractivity contribution < 1.29 is 0 Å². The smallest absolute Gasteiger partial charge is 0.289 e. The summed E-state index contributed by atoms with van der Waals surface area (Å²) in [6, 6.07) is 3.85. The third-order valence-corrected chi connectivity index (χ3v) is 4.03. The van der Waals surface area contributed by atoms with E-state index in [0.29, 0.717) is 36.9 Å². The van der Waals surface area contributed by atoms with Gasteiger partial charge in [0.15, 0.2) is 0 Å². The summed E-state index contributed by atoms with van der Waals surface area (Å²) in [4.78, 5) is 0. The molecule has 4 rings (SSSR count). The highest BCUT2D eigenvalue weighted by molar-refractivity contribution is 5.25.